The quantitative estimate of drug-likeness (QED) is 0.269. The van der Waals surface area contributed by atoms with Crippen molar-refractivity contribution >= 4 is 27.5 Å². The van der Waals surface area contributed by atoms with Gasteiger partial charge in [-0.1, -0.05) is 81.6 Å². The van der Waals surface area contributed by atoms with Gasteiger partial charge in [0, 0.05) is 12.6 Å². The van der Waals surface area contributed by atoms with E-state index in [1.807, 2.05) is 50.2 Å². The Labute approximate surface area is 256 Å². The number of carbonyl (C=O) groups excluding carboxylic acids is 2. The van der Waals surface area contributed by atoms with Crippen molar-refractivity contribution in [3.05, 3.63) is 90.0 Å². The summed E-state index contributed by atoms with van der Waals surface area (Å²) in [4.78, 5) is 29.7. The lowest BCUT2D eigenvalue weighted by molar-refractivity contribution is -0.140. The third-order valence-corrected chi connectivity index (χ3v) is 9.87. The number of aryl methyl sites for hydroxylation is 1. The Kier molecular flexibility index (Phi) is 11.2. The fraction of sp³-hybridized carbons (Fsp3) is 0.412. The molecule has 0 bridgehead atoms. The fourth-order valence-corrected chi connectivity index (χ4v) is 7.15. The van der Waals surface area contributed by atoms with Gasteiger partial charge >= 0.3 is 0 Å². The molecule has 3 aromatic carbocycles. The summed E-state index contributed by atoms with van der Waals surface area (Å²) in [5, 5.41) is 3.18. The van der Waals surface area contributed by atoms with Gasteiger partial charge in [0.1, 0.15) is 18.3 Å². The number of sulfonamides is 1. The molecule has 0 radical (unpaired) electrons. The minimum Gasteiger partial charge on any atom is -0.497 e. The molecule has 0 aromatic heterocycles. The van der Waals surface area contributed by atoms with E-state index in [4.69, 9.17) is 4.74 Å². The van der Waals surface area contributed by atoms with Gasteiger partial charge in [0.05, 0.1) is 17.7 Å². The highest BCUT2D eigenvalue weighted by Gasteiger charge is 2.35. The van der Waals surface area contributed by atoms with Crippen molar-refractivity contribution in [1.82, 2.24) is 10.2 Å². The molecule has 1 aliphatic rings. The van der Waals surface area contributed by atoms with Crippen LogP contribution >= 0.6 is 0 Å². The molecule has 1 saturated carbocycles. The van der Waals surface area contributed by atoms with Gasteiger partial charge in [-0.05, 0) is 67.1 Å². The molecular formula is C34H43N3O5S. The molecule has 1 fully saturated rings. The maximum Gasteiger partial charge on any atom is 0.264 e. The number of benzene rings is 3. The summed E-state index contributed by atoms with van der Waals surface area (Å²) >= 11 is 0. The number of methoxy groups -OCH3 is 1. The summed E-state index contributed by atoms with van der Waals surface area (Å²) in [5.41, 5.74) is 2.06. The van der Waals surface area contributed by atoms with Gasteiger partial charge in [-0.3, -0.25) is 13.9 Å². The van der Waals surface area contributed by atoms with Crippen LogP contribution in [0.5, 0.6) is 5.75 Å². The lowest BCUT2D eigenvalue weighted by Gasteiger charge is -2.35. The second-order valence-corrected chi connectivity index (χ2v) is 12.8. The van der Waals surface area contributed by atoms with Crippen molar-refractivity contribution in [1.29, 1.82) is 0 Å². The van der Waals surface area contributed by atoms with Crippen LogP contribution in [-0.4, -0.2) is 50.9 Å². The minimum atomic E-state index is -4.10. The van der Waals surface area contributed by atoms with Gasteiger partial charge < -0.3 is 15.0 Å². The van der Waals surface area contributed by atoms with Crippen LogP contribution in [0.15, 0.2) is 83.8 Å². The molecule has 0 spiro atoms. The predicted molar refractivity (Wildman–Crippen MR) is 169 cm³/mol. The largest absolute Gasteiger partial charge is 0.497 e. The van der Waals surface area contributed by atoms with Gasteiger partial charge in [-0.15, -0.1) is 0 Å². The maximum atomic E-state index is 14.3. The van der Waals surface area contributed by atoms with E-state index in [0.717, 1.165) is 43.2 Å². The molecular weight excluding hydrogens is 562 g/mol. The third kappa shape index (κ3) is 7.96. The van der Waals surface area contributed by atoms with Gasteiger partial charge in [-0.25, -0.2) is 8.42 Å². The molecule has 1 aliphatic carbocycles. The third-order valence-electron chi connectivity index (χ3n) is 8.10. The molecule has 0 heterocycles. The van der Waals surface area contributed by atoms with E-state index >= 15 is 0 Å². The maximum absolute atomic E-state index is 14.3. The summed E-state index contributed by atoms with van der Waals surface area (Å²) in [6.45, 7) is 3.53. The number of anilines is 1. The van der Waals surface area contributed by atoms with Crippen molar-refractivity contribution in [2.75, 3.05) is 18.0 Å². The normalized spacial score (nSPS) is 14.5. The first-order valence-corrected chi connectivity index (χ1v) is 16.6. The topological polar surface area (TPSA) is 96.0 Å². The van der Waals surface area contributed by atoms with E-state index in [-0.39, 0.29) is 23.4 Å². The smallest absolute Gasteiger partial charge is 0.264 e. The molecule has 230 valence electrons. The number of nitrogens with zero attached hydrogens (tertiary/aromatic N) is 2. The number of rotatable bonds is 13. The van der Waals surface area contributed by atoms with Crippen LogP contribution in [0.1, 0.15) is 63.5 Å². The van der Waals surface area contributed by atoms with Crippen LogP contribution in [-0.2, 0) is 32.6 Å². The molecule has 4 rings (SSSR count). The fourth-order valence-electron chi connectivity index (χ4n) is 5.68. The molecule has 43 heavy (non-hydrogen) atoms. The molecule has 0 unspecified atom stereocenters. The average Bonchev–Trinajstić information content (AvgIpc) is 3.04. The van der Waals surface area contributed by atoms with Crippen molar-refractivity contribution < 1.29 is 22.7 Å². The Morgan fingerprint density at radius 3 is 2.19 bits per heavy atom. The van der Waals surface area contributed by atoms with Crippen molar-refractivity contribution in [2.24, 2.45) is 0 Å². The highest BCUT2D eigenvalue weighted by Crippen LogP contribution is 2.28. The van der Waals surface area contributed by atoms with E-state index in [2.05, 4.69) is 5.32 Å². The molecule has 0 saturated heterocycles. The monoisotopic (exact) mass is 605 g/mol. The van der Waals surface area contributed by atoms with Crippen LogP contribution in [0.4, 0.5) is 5.69 Å². The van der Waals surface area contributed by atoms with E-state index in [0.29, 0.717) is 24.3 Å². The minimum absolute atomic E-state index is 0.0830. The molecule has 9 heteroatoms. The van der Waals surface area contributed by atoms with Crippen LogP contribution in [0, 0.1) is 0 Å². The number of hydrogen-bond acceptors (Lipinski definition) is 5. The standard InChI is InChI=1S/C34H43N3O5S/c1-4-27-14-12-13-19-32(27)37(43(40,41)30-17-10-7-11-18-30)25-33(38)36(24-26-20-22-29(42-3)23-21-26)31(5-2)34(39)35-28-15-8-6-9-16-28/h7,10-14,17-23,28,31H,4-6,8-9,15-16,24-25H2,1-3H3,(H,35,39)/t31-/m0/s1. The highest BCUT2D eigenvalue weighted by molar-refractivity contribution is 7.92. The summed E-state index contributed by atoms with van der Waals surface area (Å²) in [6.07, 6.45) is 6.12. The van der Waals surface area contributed by atoms with E-state index < -0.39 is 28.5 Å². The van der Waals surface area contributed by atoms with Gasteiger partial charge in [0.2, 0.25) is 11.8 Å². The lowest BCUT2D eigenvalue weighted by Crippen LogP contribution is -2.54. The number of ether oxygens (including phenoxy) is 1. The van der Waals surface area contributed by atoms with Gasteiger partial charge in [0.25, 0.3) is 10.0 Å². The van der Waals surface area contributed by atoms with Crippen molar-refractivity contribution in [2.45, 2.75) is 82.3 Å². The zero-order valence-corrected chi connectivity index (χ0v) is 26.2. The van der Waals surface area contributed by atoms with E-state index in [1.165, 1.54) is 21.3 Å². The molecule has 3 aromatic rings. The number of amides is 2. The first-order valence-electron chi connectivity index (χ1n) is 15.2. The summed E-state index contributed by atoms with van der Waals surface area (Å²) in [6, 6.07) is 22.0. The molecule has 8 nitrogen and oxygen atoms in total. The number of hydrogen-bond donors (Lipinski definition) is 1. The van der Waals surface area contributed by atoms with Crippen molar-refractivity contribution in [3.8, 4) is 5.75 Å². The van der Waals surface area contributed by atoms with Crippen LogP contribution in [0.3, 0.4) is 0 Å². The molecule has 1 atom stereocenters. The van der Waals surface area contributed by atoms with Gasteiger partial charge in [0.15, 0.2) is 0 Å². The Morgan fingerprint density at radius 1 is 0.907 bits per heavy atom. The van der Waals surface area contributed by atoms with Crippen LogP contribution < -0.4 is 14.4 Å². The highest BCUT2D eigenvalue weighted by atomic mass is 32.2. The Bertz CT molecular complexity index is 1450. The summed E-state index contributed by atoms with van der Waals surface area (Å²) in [7, 11) is -2.52. The second kappa shape index (κ2) is 15.0. The SMILES string of the molecule is CCc1ccccc1N(CC(=O)N(Cc1ccc(OC)cc1)[C@@H](CC)C(=O)NC1CCCCC1)S(=O)(=O)c1ccccc1. The van der Waals surface area contributed by atoms with Crippen molar-refractivity contribution in [3.63, 3.8) is 0 Å². The Morgan fingerprint density at radius 2 is 1.56 bits per heavy atom. The Hall–Kier alpha value is -3.85. The Balaban J connectivity index is 1.72. The van der Waals surface area contributed by atoms with Crippen LogP contribution in [0.25, 0.3) is 0 Å². The lowest BCUT2D eigenvalue weighted by atomic mass is 9.95. The predicted octanol–water partition coefficient (Wildman–Crippen LogP) is 5.71. The zero-order chi connectivity index (χ0) is 30.8. The number of nitrogens with one attached hydrogen (secondary N) is 1. The van der Waals surface area contributed by atoms with E-state index in [1.54, 1.807) is 37.4 Å². The second-order valence-electron chi connectivity index (χ2n) is 10.9. The number of para-hydroxylation sites is 1. The van der Waals surface area contributed by atoms with Crippen LogP contribution in [0.2, 0.25) is 0 Å². The van der Waals surface area contributed by atoms with E-state index in [9.17, 15) is 18.0 Å². The first-order chi connectivity index (χ1) is 20.8. The molecule has 1 N–H and O–H groups in total. The first kappa shape index (κ1) is 32.1. The number of carbonyl (C=O) groups is 2. The summed E-state index contributed by atoms with van der Waals surface area (Å²) in [5.74, 6) is 0.0228. The molecule has 2 amide bonds. The van der Waals surface area contributed by atoms with Gasteiger partial charge in [-0.2, -0.15) is 0 Å². The average molecular weight is 606 g/mol. The molecule has 0 aliphatic heterocycles. The zero-order valence-electron chi connectivity index (χ0n) is 25.4. The summed E-state index contributed by atoms with van der Waals surface area (Å²) < 4.78 is 34.7.